The van der Waals surface area contributed by atoms with Gasteiger partial charge in [0.2, 0.25) is 0 Å². The Morgan fingerprint density at radius 3 is 2.50 bits per heavy atom. The van der Waals surface area contributed by atoms with Crippen LogP contribution in [0.2, 0.25) is 5.02 Å². The van der Waals surface area contributed by atoms with Crippen molar-refractivity contribution in [1.29, 1.82) is 0 Å². The van der Waals surface area contributed by atoms with E-state index in [-0.39, 0.29) is 0 Å². The second-order valence-corrected chi connectivity index (χ2v) is 3.85. The SMILES string of the molecule is Cc1c(Cl)cccc1C(CC(=O)O)C(=O)O. The third kappa shape index (κ3) is 2.73. The number of halogens is 1. The highest BCUT2D eigenvalue weighted by molar-refractivity contribution is 6.31. The van der Waals surface area contributed by atoms with Crippen LogP contribution < -0.4 is 0 Å². The van der Waals surface area contributed by atoms with E-state index in [2.05, 4.69) is 0 Å². The molecule has 0 fully saturated rings. The van der Waals surface area contributed by atoms with Crippen LogP contribution >= 0.6 is 11.6 Å². The molecule has 5 heteroatoms. The Kier molecular flexibility index (Phi) is 3.90. The summed E-state index contributed by atoms with van der Waals surface area (Å²) in [5.41, 5.74) is 1.06. The van der Waals surface area contributed by atoms with E-state index in [9.17, 15) is 9.59 Å². The van der Waals surface area contributed by atoms with E-state index in [4.69, 9.17) is 21.8 Å². The number of carboxylic acid groups (broad SMARTS) is 2. The lowest BCUT2D eigenvalue weighted by molar-refractivity contribution is -0.145. The molecule has 0 amide bonds. The zero-order chi connectivity index (χ0) is 12.3. The molecule has 1 aromatic carbocycles. The molecule has 1 unspecified atom stereocenters. The summed E-state index contributed by atoms with van der Waals surface area (Å²) in [5.74, 6) is -3.37. The minimum Gasteiger partial charge on any atom is -0.481 e. The van der Waals surface area contributed by atoms with Gasteiger partial charge in [0.15, 0.2) is 0 Å². The number of hydrogen-bond donors (Lipinski definition) is 2. The van der Waals surface area contributed by atoms with Gasteiger partial charge in [-0.3, -0.25) is 9.59 Å². The van der Waals surface area contributed by atoms with Gasteiger partial charge in [-0.05, 0) is 24.1 Å². The minimum atomic E-state index is -1.16. The lowest BCUT2D eigenvalue weighted by atomic mass is 9.92. The summed E-state index contributed by atoms with van der Waals surface area (Å²) < 4.78 is 0. The molecule has 86 valence electrons. The maximum absolute atomic E-state index is 11.0. The highest BCUT2D eigenvalue weighted by Crippen LogP contribution is 2.28. The second-order valence-electron chi connectivity index (χ2n) is 3.44. The van der Waals surface area contributed by atoms with Crippen LogP contribution in [0.4, 0.5) is 0 Å². The largest absolute Gasteiger partial charge is 0.481 e. The second kappa shape index (κ2) is 4.99. The Morgan fingerprint density at radius 2 is 2.00 bits per heavy atom. The molecule has 16 heavy (non-hydrogen) atoms. The number of benzene rings is 1. The predicted octanol–water partition coefficient (Wildman–Crippen LogP) is 2.29. The van der Waals surface area contributed by atoms with Gasteiger partial charge in [-0.2, -0.15) is 0 Å². The molecule has 0 bridgehead atoms. The Bertz CT molecular complexity index is 428. The molecule has 1 atom stereocenters. The van der Waals surface area contributed by atoms with Crippen LogP contribution in [0.3, 0.4) is 0 Å². The van der Waals surface area contributed by atoms with E-state index in [1.807, 2.05) is 0 Å². The van der Waals surface area contributed by atoms with Crippen LogP contribution in [0.5, 0.6) is 0 Å². The van der Waals surface area contributed by atoms with E-state index in [1.165, 1.54) is 0 Å². The standard InChI is InChI=1S/C11H11ClO4/c1-6-7(3-2-4-9(6)12)8(11(15)16)5-10(13)14/h2-4,8H,5H2,1H3,(H,13,14)(H,15,16). The van der Waals surface area contributed by atoms with E-state index in [0.29, 0.717) is 16.1 Å². The molecule has 0 aliphatic rings. The molecule has 0 spiro atoms. The van der Waals surface area contributed by atoms with Crippen molar-refractivity contribution in [3.05, 3.63) is 34.3 Å². The van der Waals surface area contributed by atoms with Gasteiger partial charge in [0.25, 0.3) is 0 Å². The molecule has 0 saturated heterocycles. The molecule has 0 heterocycles. The highest BCUT2D eigenvalue weighted by Gasteiger charge is 2.25. The van der Waals surface area contributed by atoms with Gasteiger partial charge in [0.1, 0.15) is 0 Å². The Balaban J connectivity index is 3.16. The van der Waals surface area contributed by atoms with Crippen molar-refractivity contribution in [2.45, 2.75) is 19.3 Å². The molecule has 1 rings (SSSR count). The van der Waals surface area contributed by atoms with Gasteiger partial charge in [-0.15, -0.1) is 0 Å². The molecular formula is C11H11ClO4. The van der Waals surface area contributed by atoms with Crippen LogP contribution in [0.25, 0.3) is 0 Å². The molecule has 0 saturated carbocycles. The minimum absolute atomic E-state index is 0.439. The predicted molar refractivity (Wildman–Crippen MR) is 58.8 cm³/mol. The van der Waals surface area contributed by atoms with Crippen molar-refractivity contribution in [3.8, 4) is 0 Å². The molecule has 0 aromatic heterocycles. The van der Waals surface area contributed by atoms with Gasteiger partial charge in [-0.1, -0.05) is 23.7 Å². The first-order chi connectivity index (χ1) is 7.43. The van der Waals surface area contributed by atoms with Crippen LogP contribution in [0, 0.1) is 6.92 Å². The first-order valence-electron chi connectivity index (χ1n) is 4.63. The Labute approximate surface area is 97.5 Å². The van der Waals surface area contributed by atoms with Gasteiger partial charge in [0.05, 0.1) is 12.3 Å². The van der Waals surface area contributed by atoms with Crippen LogP contribution in [0.1, 0.15) is 23.5 Å². The van der Waals surface area contributed by atoms with E-state index < -0.39 is 24.3 Å². The normalized spacial score (nSPS) is 12.1. The summed E-state index contributed by atoms with van der Waals surface area (Å²) in [6.45, 7) is 1.68. The Hall–Kier alpha value is -1.55. The number of carbonyl (C=O) groups is 2. The summed E-state index contributed by atoms with van der Waals surface area (Å²) in [5, 5.41) is 18.1. The molecular weight excluding hydrogens is 232 g/mol. The van der Waals surface area contributed by atoms with Gasteiger partial charge < -0.3 is 10.2 Å². The molecule has 0 aliphatic carbocycles. The quantitative estimate of drug-likeness (QED) is 0.850. The monoisotopic (exact) mass is 242 g/mol. The third-order valence-electron chi connectivity index (χ3n) is 2.36. The number of hydrogen-bond acceptors (Lipinski definition) is 2. The van der Waals surface area contributed by atoms with Crippen molar-refractivity contribution in [2.75, 3.05) is 0 Å². The average molecular weight is 243 g/mol. The lowest BCUT2D eigenvalue weighted by Crippen LogP contribution is -2.17. The fraction of sp³-hybridized carbons (Fsp3) is 0.273. The van der Waals surface area contributed by atoms with Crippen molar-refractivity contribution >= 4 is 23.5 Å². The first kappa shape index (κ1) is 12.5. The van der Waals surface area contributed by atoms with Gasteiger partial charge in [0, 0.05) is 5.02 Å². The highest BCUT2D eigenvalue weighted by atomic mass is 35.5. The summed E-state index contributed by atoms with van der Waals surface area (Å²) in [6, 6.07) is 4.84. The molecule has 0 radical (unpaired) electrons. The Morgan fingerprint density at radius 1 is 1.38 bits per heavy atom. The van der Waals surface area contributed by atoms with Crippen LogP contribution in [0.15, 0.2) is 18.2 Å². The maximum Gasteiger partial charge on any atom is 0.311 e. The lowest BCUT2D eigenvalue weighted by Gasteiger charge is -2.13. The fourth-order valence-corrected chi connectivity index (χ4v) is 1.69. The maximum atomic E-state index is 11.0. The summed E-state index contributed by atoms with van der Waals surface area (Å²) in [7, 11) is 0. The van der Waals surface area contributed by atoms with Crippen molar-refractivity contribution in [1.82, 2.24) is 0 Å². The van der Waals surface area contributed by atoms with E-state index in [0.717, 1.165) is 0 Å². The van der Waals surface area contributed by atoms with Crippen molar-refractivity contribution < 1.29 is 19.8 Å². The smallest absolute Gasteiger partial charge is 0.311 e. The summed E-state index contributed by atoms with van der Waals surface area (Å²) in [4.78, 5) is 21.6. The number of rotatable bonds is 4. The first-order valence-corrected chi connectivity index (χ1v) is 5.01. The van der Waals surface area contributed by atoms with Crippen molar-refractivity contribution in [2.24, 2.45) is 0 Å². The van der Waals surface area contributed by atoms with Gasteiger partial charge in [-0.25, -0.2) is 0 Å². The number of aliphatic carboxylic acids is 2. The zero-order valence-corrected chi connectivity index (χ0v) is 9.36. The molecule has 0 aliphatic heterocycles. The van der Waals surface area contributed by atoms with Crippen LogP contribution in [-0.4, -0.2) is 22.2 Å². The van der Waals surface area contributed by atoms with Crippen molar-refractivity contribution in [3.63, 3.8) is 0 Å². The van der Waals surface area contributed by atoms with E-state index >= 15 is 0 Å². The van der Waals surface area contributed by atoms with E-state index in [1.54, 1.807) is 25.1 Å². The topological polar surface area (TPSA) is 74.6 Å². The zero-order valence-electron chi connectivity index (χ0n) is 8.61. The summed E-state index contributed by atoms with van der Waals surface area (Å²) in [6.07, 6.45) is -0.448. The van der Waals surface area contributed by atoms with Crippen LogP contribution in [-0.2, 0) is 9.59 Å². The number of carboxylic acids is 2. The molecule has 2 N–H and O–H groups in total. The van der Waals surface area contributed by atoms with Gasteiger partial charge >= 0.3 is 11.9 Å². The average Bonchev–Trinajstić information content (AvgIpc) is 2.18. The molecule has 1 aromatic rings. The molecule has 4 nitrogen and oxygen atoms in total. The third-order valence-corrected chi connectivity index (χ3v) is 2.77. The summed E-state index contributed by atoms with van der Waals surface area (Å²) >= 11 is 5.86. The fourth-order valence-electron chi connectivity index (χ4n) is 1.51.